The molecule has 0 atom stereocenters. The molecule has 0 N–H and O–H groups in total. The van der Waals surface area contributed by atoms with Gasteiger partial charge in [-0.25, -0.2) is 0 Å². The standard InChI is InChI=1S/C14H19N/c1-14(2,3)11-10-12-8-6-7-9-13(12)15(4)5/h6-9H,1-5H3. The molecule has 1 aromatic rings. The lowest BCUT2D eigenvalue weighted by Crippen LogP contribution is -2.10. The molecule has 0 amide bonds. The van der Waals surface area contributed by atoms with Crippen molar-refractivity contribution in [2.45, 2.75) is 20.8 Å². The van der Waals surface area contributed by atoms with E-state index in [1.165, 1.54) is 5.69 Å². The summed E-state index contributed by atoms with van der Waals surface area (Å²) in [4.78, 5) is 2.09. The van der Waals surface area contributed by atoms with E-state index in [9.17, 15) is 0 Å². The number of rotatable bonds is 1. The lowest BCUT2D eigenvalue weighted by atomic mass is 9.97. The predicted molar refractivity (Wildman–Crippen MR) is 67.1 cm³/mol. The van der Waals surface area contributed by atoms with Gasteiger partial charge < -0.3 is 4.90 Å². The molecule has 1 heteroatoms. The minimum absolute atomic E-state index is 0.0550. The van der Waals surface area contributed by atoms with Gasteiger partial charge in [0.25, 0.3) is 0 Å². The molecule has 0 aliphatic carbocycles. The summed E-state index contributed by atoms with van der Waals surface area (Å²) in [6.45, 7) is 6.37. The number of anilines is 1. The van der Waals surface area contributed by atoms with E-state index in [1.54, 1.807) is 0 Å². The first-order valence-electron chi connectivity index (χ1n) is 5.20. The molecule has 0 fully saturated rings. The van der Waals surface area contributed by atoms with Crippen LogP contribution >= 0.6 is 0 Å². The molecule has 0 heterocycles. The van der Waals surface area contributed by atoms with Crippen LogP contribution in [0.2, 0.25) is 0 Å². The van der Waals surface area contributed by atoms with E-state index < -0.39 is 0 Å². The minimum atomic E-state index is 0.0550. The zero-order chi connectivity index (χ0) is 11.5. The van der Waals surface area contributed by atoms with E-state index in [0.29, 0.717) is 0 Å². The van der Waals surface area contributed by atoms with Crippen LogP contribution in [0.4, 0.5) is 5.69 Å². The first-order valence-corrected chi connectivity index (χ1v) is 5.20. The Morgan fingerprint density at radius 3 is 2.20 bits per heavy atom. The van der Waals surface area contributed by atoms with Crippen molar-refractivity contribution in [3.63, 3.8) is 0 Å². The van der Waals surface area contributed by atoms with Crippen molar-refractivity contribution in [1.82, 2.24) is 0 Å². The van der Waals surface area contributed by atoms with E-state index >= 15 is 0 Å². The van der Waals surface area contributed by atoms with Crippen molar-refractivity contribution < 1.29 is 0 Å². The average Bonchev–Trinajstić information content (AvgIpc) is 2.14. The Bertz CT molecular complexity index is 386. The Morgan fingerprint density at radius 2 is 1.67 bits per heavy atom. The summed E-state index contributed by atoms with van der Waals surface area (Å²) in [5.41, 5.74) is 2.33. The van der Waals surface area contributed by atoms with Crippen LogP contribution in [0, 0.1) is 17.3 Å². The van der Waals surface area contributed by atoms with Crippen molar-refractivity contribution in [1.29, 1.82) is 0 Å². The van der Waals surface area contributed by atoms with Crippen molar-refractivity contribution in [2.75, 3.05) is 19.0 Å². The van der Waals surface area contributed by atoms with E-state index in [2.05, 4.69) is 49.6 Å². The second-order valence-electron chi connectivity index (χ2n) is 4.91. The number of para-hydroxylation sites is 1. The van der Waals surface area contributed by atoms with Gasteiger partial charge in [0.15, 0.2) is 0 Å². The van der Waals surface area contributed by atoms with Crippen LogP contribution in [-0.2, 0) is 0 Å². The molecule has 1 aromatic carbocycles. The highest BCUT2D eigenvalue weighted by Gasteiger charge is 2.05. The summed E-state index contributed by atoms with van der Waals surface area (Å²) in [5, 5.41) is 0. The molecule has 0 radical (unpaired) electrons. The molecule has 80 valence electrons. The lowest BCUT2D eigenvalue weighted by molar-refractivity contribution is 0.571. The monoisotopic (exact) mass is 201 g/mol. The summed E-state index contributed by atoms with van der Waals surface area (Å²) in [6.07, 6.45) is 0. The topological polar surface area (TPSA) is 3.24 Å². The predicted octanol–water partition coefficient (Wildman–Crippen LogP) is 3.15. The van der Waals surface area contributed by atoms with Gasteiger partial charge in [0, 0.05) is 25.1 Å². The van der Waals surface area contributed by atoms with Crippen LogP contribution < -0.4 is 4.90 Å². The minimum Gasteiger partial charge on any atom is -0.377 e. The first kappa shape index (κ1) is 11.7. The van der Waals surface area contributed by atoms with Crippen LogP contribution in [0.1, 0.15) is 26.3 Å². The number of nitrogens with zero attached hydrogens (tertiary/aromatic N) is 1. The normalized spacial score (nSPS) is 10.5. The summed E-state index contributed by atoms with van der Waals surface area (Å²) in [5.74, 6) is 6.50. The Hall–Kier alpha value is -1.42. The van der Waals surface area contributed by atoms with E-state index in [4.69, 9.17) is 0 Å². The van der Waals surface area contributed by atoms with Gasteiger partial charge in [-0.15, -0.1) is 0 Å². The van der Waals surface area contributed by atoms with Gasteiger partial charge >= 0.3 is 0 Å². The maximum absolute atomic E-state index is 3.26. The maximum atomic E-state index is 3.26. The highest BCUT2D eigenvalue weighted by atomic mass is 15.1. The van der Waals surface area contributed by atoms with Gasteiger partial charge in [-0.2, -0.15) is 0 Å². The first-order chi connectivity index (χ1) is 6.90. The molecule has 15 heavy (non-hydrogen) atoms. The summed E-state index contributed by atoms with van der Waals surface area (Å²) in [6, 6.07) is 8.22. The molecule has 0 aliphatic heterocycles. The third-order valence-corrected chi connectivity index (χ3v) is 1.96. The van der Waals surface area contributed by atoms with Gasteiger partial charge in [0.1, 0.15) is 0 Å². The van der Waals surface area contributed by atoms with Crippen LogP contribution in [0.15, 0.2) is 24.3 Å². The molecule has 0 aliphatic rings. The summed E-state index contributed by atoms with van der Waals surface area (Å²) >= 11 is 0. The number of benzene rings is 1. The average molecular weight is 201 g/mol. The molecular formula is C14H19N. The third-order valence-electron chi connectivity index (χ3n) is 1.96. The molecule has 0 saturated carbocycles. The van der Waals surface area contributed by atoms with Crippen LogP contribution in [-0.4, -0.2) is 14.1 Å². The van der Waals surface area contributed by atoms with Crippen LogP contribution in [0.5, 0.6) is 0 Å². The Morgan fingerprint density at radius 1 is 1.07 bits per heavy atom. The molecule has 1 rings (SSSR count). The van der Waals surface area contributed by atoms with Gasteiger partial charge in [0.2, 0.25) is 0 Å². The molecule has 0 saturated heterocycles. The zero-order valence-electron chi connectivity index (χ0n) is 10.3. The largest absolute Gasteiger partial charge is 0.377 e. The van der Waals surface area contributed by atoms with Crippen molar-refractivity contribution in [3.8, 4) is 11.8 Å². The smallest absolute Gasteiger partial charge is 0.0520 e. The molecular weight excluding hydrogens is 182 g/mol. The highest BCUT2D eigenvalue weighted by Crippen LogP contribution is 2.18. The fraction of sp³-hybridized carbons (Fsp3) is 0.429. The molecule has 0 spiro atoms. The maximum Gasteiger partial charge on any atom is 0.0520 e. The molecule has 0 bridgehead atoms. The summed E-state index contributed by atoms with van der Waals surface area (Å²) in [7, 11) is 4.08. The van der Waals surface area contributed by atoms with Crippen LogP contribution in [0.25, 0.3) is 0 Å². The second-order valence-corrected chi connectivity index (χ2v) is 4.91. The molecule has 0 unspecified atom stereocenters. The Balaban J connectivity index is 3.08. The fourth-order valence-corrected chi connectivity index (χ4v) is 1.22. The van der Waals surface area contributed by atoms with E-state index in [0.717, 1.165) is 5.56 Å². The van der Waals surface area contributed by atoms with Crippen molar-refractivity contribution >= 4 is 5.69 Å². The third kappa shape index (κ3) is 3.67. The van der Waals surface area contributed by atoms with Crippen LogP contribution in [0.3, 0.4) is 0 Å². The molecule has 0 aromatic heterocycles. The van der Waals surface area contributed by atoms with Crippen molar-refractivity contribution in [2.24, 2.45) is 5.41 Å². The fourth-order valence-electron chi connectivity index (χ4n) is 1.22. The quantitative estimate of drug-likeness (QED) is 0.631. The number of hydrogen-bond donors (Lipinski definition) is 0. The van der Waals surface area contributed by atoms with Gasteiger partial charge in [-0.05, 0) is 32.9 Å². The zero-order valence-corrected chi connectivity index (χ0v) is 10.3. The second kappa shape index (κ2) is 4.40. The Labute approximate surface area is 93.1 Å². The van der Waals surface area contributed by atoms with Gasteiger partial charge in [-0.3, -0.25) is 0 Å². The van der Waals surface area contributed by atoms with Gasteiger partial charge in [-0.1, -0.05) is 24.0 Å². The van der Waals surface area contributed by atoms with Crippen molar-refractivity contribution in [3.05, 3.63) is 29.8 Å². The molecule has 1 nitrogen and oxygen atoms in total. The van der Waals surface area contributed by atoms with E-state index in [-0.39, 0.29) is 5.41 Å². The number of hydrogen-bond acceptors (Lipinski definition) is 1. The lowest BCUT2D eigenvalue weighted by Gasteiger charge is -2.14. The van der Waals surface area contributed by atoms with E-state index in [1.807, 2.05) is 26.2 Å². The SMILES string of the molecule is CN(C)c1ccccc1C#CC(C)(C)C. The summed E-state index contributed by atoms with van der Waals surface area (Å²) < 4.78 is 0. The van der Waals surface area contributed by atoms with Gasteiger partial charge in [0.05, 0.1) is 5.69 Å². The highest BCUT2D eigenvalue weighted by molar-refractivity contribution is 5.60. The Kier molecular flexibility index (Phi) is 3.42.